The molecule has 0 aromatic carbocycles. The van der Waals surface area contributed by atoms with Crippen molar-refractivity contribution in [2.45, 2.75) is 52.2 Å². The molecule has 4 unspecified atom stereocenters. The number of hydrogen-bond acceptors (Lipinski definition) is 5. The van der Waals surface area contributed by atoms with E-state index in [1.807, 2.05) is 27.7 Å². The third kappa shape index (κ3) is 8.83. The molecule has 0 saturated heterocycles. The topological polar surface area (TPSA) is 89.9 Å². The first kappa shape index (κ1) is 20.1. The molecule has 0 rings (SSSR count). The summed E-state index contributed by atoms with van der Waals surface area (Å²) >= 11 is -2.46. The molecule has 0 aliphatic rings. The maximum atomic E-state index is 11.8. The summed E-state index contributed by atoms with van der Waals surface area (Å²) < 4.78 is 30.3. The molecular weight excluding hydrogens is 296 g/mol. The molecule has 7 heteroatoms. The summed E-state index contributed by atoms with van der Waals surface area (Å²) in [4.78, 5) is 23.4. The van der Waals surface area contributed by atoms with Crippen LogP contribution in [0.15, 0.2) is 0 Å². The zero-order chi connectivity index (χ0) is 16.4. The third-order valence-corrected chi connectivity index (χ3v) is 4.14. The minimum atomic E-state index is -2.46. The molecule has 21 heavy (non-hydrogen) atoms. The van der Waals surface area contributed by atoms with Gasteiger partial charge in [0, 0.05) is 0 Å². The average Bonchev–Trinajstić information content (AvgIpc) is 2.46. The molecule has 0 aromatic rings. The Morgan fingerprint density at radius 1 is 1.05 bits per heavy atom. The standard InChI is InChI=1S/C14H26O6S/c1-5-10(3)8-19-13(15)7-12(21(17)18)14(16)20-9-11(4)6-2/h10-12H,5-9H2,1-4H3,(H,17,18). The molecule has 0 heterocycles. The number of ether oxygens (including phenoxy) is 2. The Balaban J connectivity index is 4.38. The van der Waals surface area contributed by atoms with E-state index in [0.29, 0.717) is 0 Å². The molecule has 0 bridgehead atoms. The Morgan fingerprint density at radius 2 is 1.52 bits per heavy atom. The first-order valence-electron chi connectivity index (χ1n) is 7.23. The average molecular weight is 322 g/mol. The van der Waals surface area contributed by atoms with E-state index >= 15 is 0 Å². The Kier molecular flexibility index (Phi) is 10.2. The lowest BCUT2D eigenvalue weighted by Crippen LogP contribution is -2.32. The molecule has 0 radical (unpaired) electrons. The van der Waals surface area contributed by atoms with Crippen LogP contribution in [0.2, 0.25) is 0 Å². The minimum Gasteiger partial charge on any atom is -0.465 e. The van der Waals surface area contributed by atoms with Gasteiger partial charge in [-0.3, -0.25) is 9.59 Å². The summed E-state index contributed by atoms with van der Waals surface area (Å²) in [5, 5.41) is -1.39. The van der Waals surface area contributed by atoms with E-state index in [1.165, 1.54) is 0 Å². The fourth-order valence-electron chi connectivity index (χ4n) is 1.24. The van der Waals surface area contributed by atoms with Crippen LogP contribution in [0.4, 0.5) is 0 Å². The van der Waals surface area contributed by atoms with Crippen molar-refractivity contribution >= 4 is 23.0 Å². The van der Waals surface area contributed by atoms with Crippen LogP contribution < -0.4 is 0 Å². The van der Waals surface area contributed by atoms with E-state index in [0.717, 1.165) is 12.8 Å². The van der Waals surface area contributed by atoms with Crippen LogP contribution in [-0.4, -0.2) is 39.2 Å². The SMILES string of the molecule is CCC(C)COC(=O)CC(C(=O)OCC(C)CC)S(=O)O. The Hall–Kier alpha value is -0.950. The number of rotatable bonds is 10. The molecule has 4 atom stereocenters. The van der Waals surface area contributed by atoms with Crippen LogP contribution >= 0.6 is 0 Å². The Labute approximate surface area is 128 Å². The summed E-state index contributed by atoms with van der Waals surface area (Å²) in [6.45, 7) is 8.16. The van der Waals surface area contributed by atoms with Crippen LogP contribution in [0.1, 0.15) is 47.0 Å². The van der Waals surface area contributed by atoms with Crippen LogP contribution in [0.25, 0.3) is 0 Å². The summed E-state index contributed by atoms with van der Waals surface area (Å²) in [5.41, 5.74) is 0. The van der Waals surface area contributed by atoms with Gasteiger partial charge in [0.05, 0.1) is 19.6 Å². The predicted molar refractivity (Wildman–Crippen MR) is 80.0 cm³/mol. The van der Waals surface area contributed by atoms with E-state index in [2.05, 4.69) is 0 Å². The highest BCUT2D eigenvalue weighted by Crippen LogP contribution is 2.09. The Morgan fingerprint density at radius 3 is 1.95 bits per heavy atom. The van der Waals surface area contributed by atoms with Crippen molar-refractivity contribution in [1.82, 2.24) is 0 Å². The van der Waals surface area contributed by atoms with E-state index in [-0.39, 0.29) is 25.0 Å². The molecule has 0 aliphatic heterocycles. The van der Waals surface area contributed by atoms with E-state index in [4.69, 9.17) is 14.0 Å². The fraction of sp³-hybridized carbons (Fsp3) is 0.857. The molecule has 0 spiro atoms. The van der Waals surface area contributed by atoms with Crippen LogP contribution in [0.3, 0.4) is 0 Å². The summed E-state index contributed by atoms with van der Waals surface area (Å²) in [6, 6.07) is 0. The summed E-state index contributed by atoms with van der Waals surface area (Å²) in [7, 11) is 0. The van der Waals surface area contributed by atoms with Crippen LogP contribution in [0, 0.1) is 11.8 Å². The van der Waals surface area contributed by atoms with Crippen molar-refractivity contribution in [2.24, 2.45) is 11.8 Å². The van der Waals surface area contributed by atoms with Gasteiger partial charge in [-0.1, -0.05) is 40.5 Å². The fourth-order valence-corrected chi connectivity index (χ4v) is 1.75. The van der Waals surface area contributed by atoms with Crippen molar-refractivity contribution < 1.29 is 27.8 Å². The zero-order valence-electron chi connectivity index (χ0n) is 13.2. The first-order chi connectivity index (χ1) is 9.81. The van der Waals surface area contributed by atoms with E-state index in [9.17, 15) is 13.8 Å². The van der Waals surface area contributed by atoms with Gasteiger partial charge >= 0.3 is 11.9 Å². The predicted octanol–water partition coefficient (Wildman–Crippen LogP) is 2.15. The largest absolute Gasteiger partial charge is 0.465 e. The van der Waals surface area contributed by atoms with Gasteiger partial charge in [-0.05, 0) is 11.8 Å². The van der Waals surface area contributed by atoms with Crippen molar-refractivity contribution in [2.75, 3.05) is 13.2 Å². The highest BCUT2D eigenvalue weighted by molar-refractivity contribution is 7.80. The molecule has 1 N–H and O–H groups in total. The third-order valence-electron chi connectivity index (χ3n) is 3.29. The number of carbonyl (C=O) groups is 2. The maximum Gasteiger partial charge on any atom is 0.324 e. The second-order valence-corrected chi connectivity index (χ2v) is 6.43. The van der Waals surface area contributed by atoms with Crippen molar-refractivity contribution in [1.29, 1.82) is 0 Å². The monoisotopic (exact) mass is 322 g/mol. The second kappa shape index (κ2) is 10.7. The van der Waals surface area contributed by atoms with Crippen molar-refractivity contribution in [3.63, 3.8) is 0 Å². The number of carbonyl (C=O) groups excluding carboxylic acids is 2. The van der Waals surface area contributed by atoms with Gasteiger partial charge in [0.1, 0.15) is 0 Å². The quantitative estimate of drug-likeness (QED) is 0.489. The maximum absolute atomic E-state index is 11.8. The van der Waals surface area contributed by atoms with Gasteiger partial charge in [0.2, 0.25) is 0 Å². The summed E-state index contributed by atoms with van der Waals surface area (Å²) in [5.74, 6) is -1.12. The van der Waals surface area contributed by atoms with Crippen molar-refractivity contribution in [3.8, 4) is 0 Å². The van der Waals surface area contributed by atoms with Gasteiger partial charge in [-0.2, -0.15) is 0 Å². The number of esters is 2. The second-order valence-electron chi connectivity index (χ2n) is 5.31. The van der Waals surface area contributed by atoms with Gasteiger partial charge < -0.3 is 14.0 Å². The number of hydrogen-bond donors (Lipinski definition) is 1. The summed E-state index contributed by atoms with van der Waals surface area (Å²) in [6.07, 6.45) is 1.25. The normalized spacial score (nSPS) is 16.6. The highest BCUT2D eigenvalue weighted by Gasteiger charge is 2.30. The lowest BCUT2D eigenvalue weighted by Gasteiger charge is -2.15. The molecule has 124 valence electrons. The molecule has 6 nitrogen and oxygen atoms in total. The van der Waals surface area contributed by atoms with E-state index in [1.54, 1.807) is 0 Å². The van der Waals surface area contributed by atoms with Gasteiger partial charge in [-0.15, -0.1) is 0 Å². The van der Waals surface area contributed by atoms with Gasteiger partial charge in [0.25, 0.3) is 0 Å². The zero-order valence-corrected chi connectivity index (χ0v) is 14.0. The lowest BCUT2D eigenvalue weighted by atomic mass is 10.1. The molecule has 0 aromatic heterocycles. The lowest BCUT2D eigenvalue weighted by molar-refractivity contribution is -0.151. The van der Waals surface area contributed by atoms with E-state index < -0.39 is 34.7 Å². The molecule has 0 fully saturated rings. The molecule has 0 aliphatic carbocycles. The van der Waals surface area contributed by atoms with Gasteiger partial charge in [-0.25, -0.2) is 4.21 Å². The smallest absolute Gasteiger partial charge is 0.324 e. The highest BCUT2D eigenvalue weighted by atomic mass is 32.2. The molecule has 0 amide bonds. The van der Waals surface area contributed by atoms with Crippen LogP contribution in [0.5, 0.6) is 0 Å². The van der Waals surface area contributed by atoms with Crippen LogP contribution in [-0.2, 0) is 30.1 Å². The van der Waals surface area contributed by atoms with Crippen molar-refractivity contribution in [3.05, 3.63) is 0 Å². The minimum absolute atomic E-state index is 0.166. The first-order valence-corrected chi connectivity index (χ1v) is 8.40. The Bertz CT molecular complexity index is 357. The molecular formula is C14H26O6S. The van der Waals surface area contributed by atoms with Gasteiger partial charge in [0.15, 0.2) is 16.3 Å². The molecule has 0 saturated carbocycles.